The number of hydrogen-bond acceptors (Lipinski definition) is 2. The van der Waals surface area contributed by atoms with E-state index in [9.17, 15) is 5.26 Å². The Hall–Kier alpha value is -11.3. The van der Waals surface area contributed by atoms with Crippen molar-refractivity contribution in [3.8, 4) is 39.9 Å². The molecule has 18 aromatic rings. The monoisotopic (exact) mass is 1070 g/mol. The number of nitrogens with zero attached hydrogens (tertiary/aromatic N) is 6. The Morgan fingerprint density at radius 3 is 0.929 bits per heavy atom. The second-order valence-electron chi connectivity index (χ2n) is 22.6. The van der Waals surface area contributed by atoms with E-state index in [0.29, 0.717) is 5.56 Å². The van der Waals surface area contributed by atoms with Crippen LogP contribution in [0.1, 0.15) is 17.0 Å². The van der Waals surface area contributed by atoms with Gasteiger partial charge in [-0.15, -0.1) is 0 Å². The van der Waals surface area contributed by atoms with E-state index < -0.39 is 0 Å². The second kappa shape index (κ2) is 17.4. The van der Waals surface area contributed by atoms with E-state index in [0.717, 1.165) is 176 Å². The lowest BCUT2D eigenvalue weighted by Crippen LogP contribution is -2.17. The first-order chi connectivity index (χ1) is 41.5. The van der Waals surface area contributed by atoms with Crippen molar-refractivity contribution in [3.63, 3.8) is 0 Å². The van der Waals surface area contributed by atoms with Gasteiger partial charge in [0.25, 0.3) is 0 Å². The van der Waals surface area contributed by atoms with Gasteiger partial charge in [-0.1, -0.05) is 176 Å². The highest BCUT2D eigenvalue weighted by atomic mass is 15.1. The van der Waals surface area contributed by atoms with Crippen molar-refractivity contribution in [3.05, 3.63) is 272 Å². The highest BCUT2D eigenvalue weighted by Gasteiger charge is 2.36. The van der Waals surface area contributed by atoms with Gasteiger partial charge < -0.3 is 18.3 Å². The Morgan fingerprint density at radius 2 is 0.583 bits per heavy atom. The highest BCUT2D eigenvalue weighted by molar-refractivity contribution is 6.21. The van der Waals surface area contributed by atoms with E-state index >= 15 is 0 Å². The summed E-state index contributed by atoms with van der Waals surface area (Å²) in [6.45, 7) is 4.21. The van der Waals surface area contributed by atoms with Crippen molar-refractivity contribution < 1.29 is 0 Å². The van der Waals surface area contributed by atoms with Gasteiger partial charge in [0, 0.05) is 65.6 Å². The number of rotatable bonds is 5. The number of nitriles is 1. The molecule has 0 unspecified atom stereocenters. The van der Waals surface area contributed by atoms with Crippen LogP contribution in [-0.4, -0.2) is 23.3 Å². The van der Waals surface area contributed by atoms with Gasteiger partial charge in [0.1, 0.15) is 11.6 Å². The Kier molecular flexibility index (Phi) is 9.62. The Balaban J connectivity index is 1.21. The highest BCUT2D eigenvalue weighted by Crippen LogP contribution is 2.53. The fourth-order valence-corrected chi connectivity index (χ4v) is 14.5. The number of hydrogen-bond donors (Lipinski definition) is 0. The molecule has 5 aromatic heterocycles. The van der Waals surface area contributed by atoms with Crippen LogP contribution < -0.4 is 0 Å². The molecule has 0 aliphatic heterocycles. The topological polar surface area (TPSA) is 56.4 Å². The van der Waals surface area contributed by atoms with E-state index in [1.54, 1.807) is 0 Å². The van der Waals surface area contributed by atoms with E-state index in [-0.39, 0.29) is 0 Å². The summed E-state index contributed by atoms with van der Waals surface area (Å²) >= 11 is 0. The summed E-state index contributed by atoms with van der Waals surface area (Å²) in [5, 5.41) is 31.2. The van der Waals surface area contributed by atoms with E-state index in [4.69, 9.17) is 4.98 Å². The summed E-state index contributed by atoms with van der Waals surface area (Å²) < 4.78 is 9.92. The van der Waals surface area contributed by atoms with Gasteiger partial charge in [-0.25, -0.2) is 0 Å². The smallest absolute Gasteiger partial charge is 0.104 e. The van der Waals surface area contributed by atoms with Crippen LogP contribution in [0.5, 0.6) is 0 Å². The van der Waals surface area contributed by atoms with Gasteiger partial charge in [-0.2, -0.15) is 5.26 Å². The number of pyridine rings is 1. The largest absolute Gasteiger partial charge is 0.307 e. The number of para-hydroxylation sites is 4. The zero-order valence-electron chi connectivity index (χ0n) is 45.9. The van der Waals surface area contributed by atoms with Crippen LogP contribution in [0.15, 0.2) is 255 Å². The fraction of sp³-hybridized carbons (Fsp3) is 0.0256. The molecule has 18 rings (SSSR count). The van der Waals surface area contributed by atoms with Crippen molar-refractivity contribution >= 4 is 130 Å². The van der Waals surface area contributed by atoms with Crippen molar-refractivity contribution in [1.29, 1.82) is 5.26 Å². The first kappa shape index (κ1) is 46.5. The normalized spacial score (nSPS) is 12.2. The minimum atomic E-state index is 0.522. The molecular formula is C78H48N6. The Labute approximate surface area is 481 Å². The van der Waals surface area contributed by atoms with Crippen molar-refractivity contribution in [2.75, 3.05) is 0 Å². The van der Waals surface area contributed by atoms with Gasteiger partial charge in [0.2, 0.25) is 0 Å². The average molecular weight is 1070 g/mol. The average Bonchev–Trinajstić information content (AvgIpc) is 1.75. The summed E-state index contributed by atoms with van der Waals surface area (Å²) in [6, 6.07) is 96.3. The van der Waals surface area contributed by atoms with E-state index in [1.807, 2.05) is 0 Å². The maximum absolute atomic E-state index is 13.2. The minimum absolute atomic E-state index is 0.522. The molecule has 0 aliphatic rings. The molecule has 0 aliphatic carbocycles. The van der Waals surface area contributed by atoms with Gasteiger partial charge in [-0.3, -0.25) is 4.98 Å². The second-order valence-corrected chi connectivity index (χ2v) is 22.6. The third-order valence-electron chi connectivity index (χ3n) is 18.1. The maximum Gasteiger partial charge on any atom is 0.104 e. The van der Waals surface area contributed by atoms with Gasteiger partial charge >= 0.3 is 0 Å². The molecule has 0 spiro atoms. The van der Waals surface area contributed by atoms with E-state index in [2.05, 4.69) is 293 Å². The molecule has 5 heterocycles. The summed E-state index contributed by atoms with van der Waals surface area (Å²) in [7, 11) is 0. The van der Waals surface area contributed by atoms with E-state index in [1.165, 1.54) is 0 Å². The summed E-state index contributed by atoms with van der Waals surface area (Å²) in [4.78, 5) is 5.38. The molecule has 0 amide bonds. The Bertz CT molecular complexity index is 5970. The molecule has 0 N–H and O–H groups in total. The lowest BCUT2D eigenvalue weighted by atomic mass is 9.92. The molecule has 6 nitrogen and oxygen atoms in total. The minimum Gasteiger partial charge on any atom is -0.307 e. The Morgan fingerprint density at radius 1 is 0.286 bits per heavy atom. The van der Waals surface area contributed by atoms with Crippen molar-refractivity contribution in [1.82, 2.24) is 23.3 Å². The van der Waals surface area contributed by atoms with Gasteiger partial charge in [0.05, 0.1) is 66.9 Å². The van der Waals surface area contributed by atoms with Crippen molar-refractivity contribution in [2.45, 2.75) is 13.8 Å². The number of aryl methyl sites for hydroxylation is 2. The van der Waals surface area contributed by atoms with Crippen LogP contribution in [0, 0.1) is 25.2 Å². The molecule has 0 radical (unpaired) electrons. The predicted molar refractivity (Wildman–Crippen MR) is 351 cm³/mol. The zero-order valence-corrected chi connectivity index (χ0v) is 45.9. The lowest BCUT2D eigenvalue weighted by Gasteiger charge is -2.30. The molecule has 6 heteroatoms. The fourth-order valence-electron chi connectivity index (χ4n) is 14.5. The van der Waals surface area contributed by atoms with Crippen LogP contribution in [0.25, 0.3) is 164 Å². The standard InChI is InChI=1S/C78H48N6/c1-46-35-36-56(47(2)80-46)74-75(81-66-31-15-11-27-57(66)61-37-48-19-3-7-23-52(48)41-70(61)81)65(45-79)76(82-67-32-16-12-28-58(67)62-38-49-20-4-8-24-53(49)42-71(62)82)78(84-69-34-18-14-30-60(69)64-40-51-22-6-10-26-55(51)44-73(64)84)77(74)83-68-33-17-13-29-59(68)63-39-50-21-5-9-25-54(50)43-72(63)83/h3-44H,1-2H3. The summed E-state index contributed by atoms with van der Waals surface area (Å²) in [5.74, 6) is 0. The number of fused-ring (bicyclic) bond motifs is 16. The van der Waals surface area contributed by atoms with Crippen LogP contribution in [0.3, 0.4) is 0 Å². The lowest BCUT2D eigenvalue weighted by molar-refractivity contribution is 1.03. The van der Waals surface area contributed by atoms with Crippen molar-refractivity contribution in [2.24, 2.45) is 0 Å². The molecule has 0 bridgehead atoms. The molecule has 0 saturated carbocycles. The van der Waals surface area contributed by atoms with Crippen LogP contribution in [0.4, 0.5) is 0 Å². The summed E-state index contributed by atoms with van der Waals surface area (Å²) in [6.07, 6.45) is 0. The molecule has 0 saturated heterocycles. The SMILES string of the molecule is Cc1ccc(-c2c(-n3c4ccccc4c4cc5ccccc5cc43)c(C#N)c(-n3c4ccccc4c4cc5ccccc5cc43)c(-n3c4ccccc4c4cc5ccccc5cc43)c2-n2c3ccccc3c3cc4ccccc4cc32)c(C)n1. The number of aromatic nitrogens is 5. The first-order valence-corrected chi connectivity index (χ1v) is 28.8. The molecule has 0 atom stereocenters. The quantitative estimate of drug-likeness (QED) is 0.172. The third-order valence-corrected chi connectivity index (χ3v) is 18.1. The third kappa shape index (κ3) is 6.41. The zero-order chi connectivity index (χ0) is 55.5. The van der Waals surface area contributed by atoms with Crippen LogP contribution >= 0.6 is 0 Å². The number of benzene rings is 13. The molecule has 0 fully saturated rings. The summed E-state index contributed by atoms with van der Waals surface area (Å²) in [5.41, 5.74) is 15.5. The molecular weight excluding hydrogens is 1020 g/mol. The van der Waals surface area contributed by atoms with Gasteiger partial charge in [0.15, 0.2) is 0 Å². The predicted octanol–water partition coefficient (Wildman–Crippen LogP) is 20.2. The first-order valence-electron chi connectivity index (χ1n) is 28.8. The molecule has 13 aromatic carbocycles. The molecule has 84 heavy (non-hydrogen) atoms. The van der Waals surface area contributed by atoms with Crippen LogP contribution in [-0.2, 0) is 0 Å². The molecule has 390 valence electrons. The maximum atomic E-state index is 13.2. The van der Waals surface area contributed by atoms with Gasteiger partial charge in [-0.05, 0) is 136 Å². The van der Waals surface area contributed by atoms with Crippen LogP contribution in [0.2, 0.25) is 0 Å².